The molecule has 0 rings (SSSR count). The van der Waals surface area contributed by atoms with Crippen LogP contribution in [0.15, 0.2) is 0 Å². The molecule has 0 radical (unpaired) electrons. The van der Waals surface area contributed by atoms with Crippen LogP contribution in [0.25, 0.3) is 0 Å². The average molecular weight is 231 g/mol. The van der Waals surface area contributed by atoms with Crippen LogP contribution >= 0.6 is 0 Å². The number of hydrogen-bond acceptors (Lipinski definition) is 0. The van der Waals surface area contributed by atoms with Gasteiger partial charge in [0.1, 0.15) is 5.75 Å². The van der Waals surface area contributed by atoms with Crippen LogP contribution in [0.2, 0.25) is 0 Å². The summed E-state index contributed by atoms with van der Waals surface area (Å²) in [6.45, 7) is 2.29. The summed E-state index contributed by atoms with van der Waals surface area (Å²) in [5.74, 6) is 1.45. The van der Waals surface area contributed by atoms with Crippen molar-refractivity contribution in [2.45, 2.75) is 71.1 Å². The molecule has 0 aromatic heterocycles. The molecule has 0 heterocycles. The fraction of sp³-hybridized carbons (Fsp3) is 1.00. The largest absolute Gasteiger partial charge is 0.107 e. The van der Waals surface area contributed by atoms with E-state index in [1.165, 1.54) is 70.0 Å². The van der Waals surface area contributed by atoms with Gasteiger partial charge in [-0.25, -0.2) is 0 Å². The van der Waals surface area contributed by atoms with E-state index in [9.17, 15) is 0 Å². The second-order valence-corrected chi connectivity index (χ2v) is 7.25. The van der Waals surface area contributed by atoms with E-state index in [1.807, 2.05) is 0 Å². The maximum Gasteiger partial charge on any atom is 0.107 e. The van der Waals surface area contributed by atoms with Crippen LogP contribution in [0.4, 0.5) is 0 Å². The molecule has 0 aromatic rings. The highest BCUT2D eigenvalue weighted by molar-refractivity contribution is 7.95. The van der Waals surface area contributed by atoms with Gasteiger partial charge >= 0.3 is 0 Å². The van der Waals surface area contributed by atoms with E-state index in [0.29, 0.717) is 10.9 Å². The summed E-state index contributed by atoms with van der Waals surface area (Å²) in [6, 6.07) is 0. The third-order valence-corrected chi connectivity index (χ3v) is 4.01. The maximum atomic E-state index is 2.35. The van der Waals surface area contributed by atoms with E-state index >= 15 is 0 Å². The predicted molar refractivity (Wildman–Crippen MR) is 75.9 cm³/mol. The Hall–Kier alpha value is 0.350. The third kappa shape index (κ3) is 14.4. The Morgan fingerprint density at radius 3 is 1.40 bits per heavy atom. The highest BCUT2D eigenvalue weighted by Crippen LogP contribution is 2.10. The van der Waals surface area contributed by atoms with Gasteiger partial charge in [0.05, 0.1) is 12.5 Å². The summed E-state index contributed by atoms with van der Waals surface area (Å²) in [4.78, 5) is 0. The predicted octanol–water partition coefficient (Wildman–Crippen LogP) is 4.79. The molecule has 0 N–H and O–H groups in total. The quantitative estimate of drug-likeness (QED) is 0.354. The molecule has 0 saturated heterocycles. The van der Waals surface area contributed by atoms with Crippen molar-refractivity contribution in [2.75, 3.05) is 18.3 Å². The Labute approximate surface area is 101 Å². The minimum Gasteiger partial charge on any atom is -0.0654 e. The molecule has 0 unspecified atom stereocenters. The number of rotatable bonds is 11. The summed E-state index contributed by atoms with van der Waals surface area (Å²) < 4.78 is 0. The molecule has 0 aliphatic heterocycles. The third-order valence-electron chi connectivity index (χ3n) is 2.91. The molecular formula is C14H31S+. The first-order valence-electron chi connectivity index (χ1n) is 6.81. The van der Waals surface area contributed by atoms with E-state index in [2.05, 4.69) is 19.4 Å². The molecule has 0 aliphatic carbocycles. The molecular weight excluding hydrogens is 200 g/mol. The van der Waals surface area contributed by atoms with Gasteiger partial charge in [0, 0.05) is 0 Å². The van der Waals surface area contributed by atoms with Crippen molar-refractivity contribution in [3.05, 3.63) is 0 Å². The van der Waals surface area contributed by atoms with E-state index in [1.54, 1.807) is 0 Å². The maximum absolute atomic E-state index is 2.35. The van der Waals surface area contributed by atoms with Crippen LogP contribution in [-0.2, 0) is 10.9 Å². The molecule has 0 aliphatic rings. The van der Waals surface area contributed by atoms with E-state index in [4.69, 9.17) is 0 Å². The van der Waals surface area contributed by atoms with Crippen molar-refractivity contribution in [1.82, 2.24) is 0 Å². The van der Waals surface area contributed by atoms with Gasteiger partial charge in [0.2, 0.25) is 0 Å². The van der Waals surface area contributed by atoms with Crippen molar-refractivity contribution in [3.63, 3.8) is 0 Å². The van der Waals surface area contributed by atoms with Crippen molar-refractivity contribution >= 4 is 10.9 Å². The zero-order chi connectivity index (χ0) is 11.4. The summed E-state index contributed by atoms with van der Waals surface area (Å²) in [5, 5.41) is 0. The van der Waals surface area contributed by atoms with Gasteiger partial charge < -0.3 is 0 Å². The first-order chi connectivity index (χ1) is 7.27. The van der Waals surface area contributed by atoms with Crippen LogP contribution in [0, 0.1) is 0 Å². The molecule has 0 nitrogen and oxygen atoms in total. The highest BCUT2D eigenvalue weighted by atomic mass is 32.2. The lowest BCUT2D eigenvalue weighted by molar-refractivity contribution is 0.563. The van der Waals surface area contributed by atoms with E-state index in [0.717, 1.165) is 0 Å². The standard InChI is InChI=1S/C14H31S/c1-4-5-6-7-8-9-10-11-12-13-14-15(2)3/h4-14H2,1-3H3/q+1. The summed E-state index contributed by atoms with van der Waals surface area (Å²) in [5.41, 5.74) is 0. The Morgan fingerprint density at radius 1 is 0.600 bits per heavy atom. The molecule has 92 valence electrons. The highest BCUT2D eigenvalue weighted by Gasteiger charge is 2.00. The zero-order valence-electron chi connectivity index (χ0n) is 11.2. The first kappa shape index (κ1) is 15.3. The van der Waals surface area contributed by atoms with Crippen LogP contribution in [0.5, 0.6) is 0 Å². The first-order valence-corrected chi connectivity index (χ1v) is 9.02. The van der Waals surface area contributed by atoms with Gasteiger partial charge in [-0.2, -0.15) is 0 Å². The topological polar surface area (TPSA) is 0 Å². The summed E-state index contributed by atoms with van der Waals surface area (Å²) >= 11 is 0. The minimum atomic E-state index is 0.672. The van der Waals surface area contributed by atoms with Gasteiger partial charge in [-0.1, -0.05) is 58.3 Å². The molecule has 0 atom stereocenters. The smallest absolute Gasteiger partial charge is 0.0654 e. The van der Waals surface area contributed by atoms with Gasteiger partial charge in [-0.05, 0) is 23.7 Å². The Kier molecular flexibility index (Phi) is 12.7. The molecule has 0 saturated carbocycles. The van der Waals surface area contributed by atoms with Crippen LogP contribution in [0.3, 0.4) is 0 Å². The Morgan fingerprint density at radius 2 is 1.00 bits per heavy atom. The van der Waals surface area contributed by atoms with Crippen LogP contribution in [0.1, 0.15) is 71.1 Å². The van der Waals surface area contributed by atoms with Crippen LogP contribution in [-0.4, -0.2) is 18.3 Å². The lowest BCUT2D eigenvalue weighted by Crippen LogP contribution is -2.00. The zero-order valence-corrected chi connectivity index (χ0v) is 12.0. The molecule has 0 fully saturated rings. The fourth-order valence-electron chi connectivity index (χ4n) is 1.88. The number of unbranched alkanes of at least 4 members (excludes halogenated alkanes) is 9. The molecule has 0 bridgehead atoms. The SMILES string of the molecule is CCCCCCCCCCCC[S+](C)C. The van der Waals surface area contributed by atoms with Crippen LogP contribution < -0.4 is 0 Å². The monoisotopic (exact) mass is 231 g/mol. The molecule has 0 amide bonds. The second-order valence-electron chi connectivity index (χ2n) is 4.87. The van der Waals surface area contributed by atoms with Gasteiger partial charge in [-0.3, -0.25) is 0 Å². The van der Waals surface area contributed by atoms with Gasteiger partial charge in [0.15, 0.2) is 0 Å². The van der Waals surface area contributed by atoms with Crippen molar-refractivity contribution in [1.29, 1.82) is 0 Å². The summed E-state index contributed by atoms with van der Waals surface area (Å²) in [7, 11) is 0.672. The Bertz CT molecular complexity index is 110. The normalized spacial score (nSPS) is 11.2. The molecule has 0 spiro atoms. The summed E-state index contributed by atoms with van der Waals surface area (Å²) in [6.07, 6.45) is 19.3. The van der Waals surface area contributed by atoms with Crippen molar-refractivity contribution < 1.29 is 0 Å². The molecule has 0 aromatic carbocycles. The fourth-order valence-corrected chi connectivity index (χ4v) is 2.66. The molecule has 1 heteroatoms. The Balaban J connectivity index is 2.87. The van der Waals surface area contributed by atoms with Crippen molar-refractivity contribution in [3.8, 4) is 0 Å². The molecule has 15 heavy (non-hydrogen) atoms. The number of hydrogen-bond donors (Lipinski definition) is 0. The lowest BCUT2D eigenvalue weighted by atomic mass is 10.1. The van der Waals surface area contributed by atoms with Gasteiger partial charge in [-0.15, -0.1) is 0 Å². The average Bonchev–Trinajstić information content (AvgIpc) is 2.20. The van der Waals surface area contributed by atoms with Gasteiger partial charge in [0.25, 0.3) is 0 Å². The van der Waals surface area contributed by atoms with Crippen molar-refractivity contribution in [2.24, 2.45) is 0 Å². The minimum absolute atomic E-state index is 0.672. The second kappa shape index (κ2) is 12.4. The van der Waals surface area contributed by atoms with E-state index < -0.39 is 0 Å². The lowest BCUT2D eigenvalue weighted by Gasteiger charge is -2.01. The van der Waals surface area contributed by atoms with E-state index in [-0.39, 0.29) is 0 Å².